The van der Waals surface area contributed by atoms with Crippen LogP contribution in [0.3, 0.4) is 0 Å². The Morgan fingerprint density at radius 2 is 2.21 bits per heavy atom. The van der Waals surface area contributed by atoms with Crippen LogP contribution in [0.4, 0.5) is 0 Å². The summed E-state index contributed by atoms with van der Waals surface area (Å²) in [5, 5.41) is 19.5. The van der Waals surface area contributed by atoms with Gasteiger partial charge in [-0.25, -0.2) is 0 Å². The van der Waals surface area contributed by atoms with E-state index in [4.69, 9.17) is 5.26 Å². The van der Waals surface area contributed by atoms with Crippen molar-refractivity contribution in [2.24, 2.45) is 17.8 Å². The number of nitrogens with zero attached hydrogens (tertiary/aromatic N) is 1. The summed E-state index contributed by atoms with van der Waals surface area (Å²) in [6, 6.07) is 2.26. The Labute approximate surface area is 86.9 Å². The summed E-state index contributed by atoms with van der Waals surface area (Å²) in [5.41, 5.74) is -0.726. The van der Waals surface area contributed by atoms with Crippen molar-refractivity contribution in [3.8, 4) is 6.07 Å². The molecule has 4 atom stereocenters. The van der Waals surface area contributed by atoms with Crippen LogP contribution in [0.5, 0.6) is 0 Å². The second kappa shape index (κ2) is 4.31. The molecule has 2 heteroatoms. The molecule has 80 valence electrons. The molecule has 0 aromatic heterocycles. The smallest absolute Gasteiger partial charge is 0.0830 e. The van der Waals surface area contributed by atoms with Gasteiger partial charge in [-0.3, -0.25) is 0 Å². The first-order valence-electron chi connectivity index (χ1n) is 5.66. The van der Waals surface area contributed by atoms with Gasteiger partial charge in [0.25, 0.3) is 0 Å². The Hall–Kier alpha value is -0.550. The van der Waals surface area contributed by atoms with Crippen LogP contribution in [0.1, 0.15) is 46.5 Å². The third-order valence-electron chi connectivity index (χ3n) is 3.81. The van der Waals surface area contributed by atoms with Crippen LogP contribution in [0.25, 0.3) is 0 Å². The van der Waals surface area contributed by atoms with E-state index in [9.17, 15) is 5.11 Å². The van der Waals surface area contributed by atoms with Gasteiger partial charge in [0.05, 0.1) is 17.6 Å². The highest BCUT2D eigenvalue weighted by molar-refractivity contribution is 5.02. The van der Waals surface area contributed by atoms with Crippen LogP contribution in [0.15, 0.2) is 0 Å². The molecule has 0 amide bonds. The molecule has 0 aromatic rings. The summed E-state index contributed by atoms with van der Waals surface area (Å²) < 4.78 is 0. The zero-order chi connectivity index (χ0) is 10.8. The summed E-state index contributed by atoms with van der Waals surface area (Å²) in [4.78, 5) is 0. The van der Waals surface area contributed by atoms with Crippen LogP contribution < -0.4 is 0 Å². The molecule has 0 heterocycles. The standard InChI is InChI=1S/C12H21NO/c1-4-11(8-13)12(14)6-5-9(2)7-10(12)3/h9-11,14H,4-7H2,1-3H3. The zero-order valence-electron chi connectivity index (χ0n) is 9.45. The Bertz CT molecular complexity index is 233. The first kappa shape index (κ1) is 11.5. The van der Waals surface area contributed by atoms with Gasteiger partial charge in [-0.15, -0.1) is 0 Å². The lowest BCUT2D eigenvalue weighted by Crippen LogP contribution is -2.46. The first-order chi connectivity index (χ1) is 6.54. The lowest BCUT2D eigenvalue weighted by atomic mass is 9.66. The quantitative estimate of drug-likeness (QED) is 0.736. The maximum absolute atomic E-state index is 10.5. The molecular formula is C12H21NO. The lowest BCUT2D eigenvalue weighted by Gasteiger charge is -2.43. The fraction of sp³-hybridized carbons (Fsp3) is 0.917. The maximum atomic E-state index is 10.5. The van der Waals surface area contributed by atoms with Crippen LogP contribution in [0.2, 0.25) is 0 Å². The van der Waals surface area contributed by atoms with Gasteiger partial charge >= 0.3 is 0 Å². The number of hydrogen-bond acceptors (Lipinski definition) is 2. The van der Waals surface area contributed by atoms with Gasteiger partial charge in [0.1, 0.15) is 0 Å². The van der Waals surface area contributed by atoms with Gasteiger partial charge in [0.2, 0.25) is 0 Å². The fourth-order valence-corrected chi connectivity index (χ4v) is 2.72. The fourth-order valence-electron chi connectivity index (χ4n) is 2.72. The van der Waals surface area contributed by atoms with Crippen LogP contribution in [0, 0.1) is 29.1 Å². The zero-order valence-corrected chi connectivity index (χ0v) is 9.45. The van der Waals surface area contributed by atoms with E-state index < -0.39 is 5.60 Å². The molecule has 1 N–H and O–H groups in total. The van der Waals surface area contributed by atoms with E-state index in [1.165, 1.54) is 0 Å². The molecule has 0 aromatic carbocycles. The SMILES string of the molecule is CCC(C#N)C1(O)CCC(C)CC1C. The number of nitriles is 1. The molecular weight excluding hydrogens is 174 g/mol. The van der Waals surface area contributed by atoms with E-state index in [0.29, 0.717) is 5.92 Å². The average molecular weight is 195 g/mol. The third-order valence-corrected chi connectivity index (χ3v) is 3.81. The highest BCUT2D eigenvalue weighted by Gasteiger charge is 2.43. The molecule has 1 fully saturated rings. The minimum absolute atomic E-state index is 0.190. The van der Waals surface area contributed by atoms with Crippen molar-refractivity contribution in [2.45, 2.75) is 52.1 Å². The molecule has 1 aliphatic rings. The number of aliphatic hydroxyl groups is 1. The highest BCUT2D eigenvalue weighted by atomic mass is 16.3. The van der Waals surface area contributed by atoms with Crippen molar-refractivity contribution in [1.29, 1.82) is 5.26 Å². The Morgan fingerprint density at radius 3 is 2.64 bits per heavy atom. The highest BCUT2D eigenvalue weighted by Crippen LogP contribution is 2.42. The molecule has 14 heavy (non-hydrogen) atoms. The first-order valence-corrected chi connectivity index (χ1v) is 5.66. The minimum Gasteiger partial charge on any atom is -0.388 e. The van der Waals surface area contributed by atoms with E-state index in [1.54, 1.807) is 0 Å². The van der Waals surface area contributed by atoms with Crippen molar-refractivity contribution in [2.75, 3.05) is 0 Å². The Balaban J connectivity index is 2.78. The average Bonchev–Trinajstić information content (AvgIpc) is 2.14. The predicted molar refractivity (Wildman–Crippen MR) is 56.5 cm³/mol. The molecule has 2 nitrogen and oxygen atoms in total. The molecule has 4 unspecified atom stereocenters. The van der Waals surface area contributed by atoms with Gasteiger partial charge < -0.3 is 5.11 Å². The summed E-state index contributed by atoms with van der Waals surface area (Å²) >= 11 is 0. The van der Waals surface area contributed by atoms with E-state index in [2.05, 4.69) is 19.9 Å². The van der Waals surface area contributed by atoms with Gasteiger partial charge in [0, 0.05) is 0 Å². The normalized spacial score (nSPS) is 40.2. The van der Waals surface area contributed by atoms with Crippen LogP contribution in [-0.2, 0) is 0 Å². The monoisotopic (exact) mass is 195 g/mol. The summed E-state index contributed by atoms with van der Waals surface area (Å²) in [5.74, 6) is 0.766. The molecule has 0 bridgehead atoms. The molecule has 0 aliphatic heterocycles. The molecule has 1 saturated carbocycles. The lowest BCUT2D eigenvalue weighted by molar-refractivity contribution is -0.0832. The largest absolute Gasteiger partial charge is 0.388 e. The molecule has 0 spiro atoms. The van der Waals surface area contributed by atoms with E-state index in [1.807, 2.05) is 6.92 Å². The molecule has 1 aliphatic carbocycles. The van der Waals surface area contributed by atoms with Crippen molar-refractivity contribution in [1.82, 2.24) is 0 Å². The molecule has 0 saturated heterocycles. The topological polar surface area (TPSA) is 44.0 Å². The summed E-state index contributed by atoms with van der Waals surface area (Å²) in [6.07, 6.45) is 3.65. The van der Waals surface area contributed by atoms with Gasteiger partial charge in [-0.1, -0.05) is 20.8 Å². The van der Waals surface area contributed by atoms with Crippen molar-refractivity contribution in [3.05, 3.63) is 0 Å². The van der Waals surface area contributed by atoms with Crippen molar-refractivity contribution < 1.29 is 5.11 Å². The number of rotatable bonds is 2. The molecule has 1 rings (SSSR count). The Kier molecular flexibility index (Phi) is 3.55. The van der Waals surface area contributed by atoms with Crippen molar-refractivity contribution >= 4 is 0 Å². The summed E-state index contributed by atoms with van der Waals surface area (Å²) in [7, 11) is 0. The number of hydrogen-bond donors (Lipinski definition) is 1. The van der Waals surface area contributed by atoms with E-state index in [-0.39, 0.29) is 11.8 Å². The second-order valence-electron chi connectivity index (χ2n) is 4.86. The van der Waals surface area contributed by atoms with Gasteiger partial charge in [0.15, 0.2) is 0 Å². The van der Waals surface area contributed by atoms with Crippen LogP contribution in [-0.4, -0.2) is 10.7 Å². The minimum atomic E-state index is -0.726. The van der Waals surface area contributed by atoms with E-state index in [0.717, 1.165) is 25.7 Å². The summed E-state index contributed by atoms with van der Waals surface area (Å²) in [6.45, 7) is 6.29. The second-order valence-corrected chi connectivity index (χ2v) is 4.86. The third kappa shape index (κ3) is 1.93. The predicted octanol–water partition coefficient (Wildman–Crippen LogP) is 2.72. The van der Waals surface area contributed by atoms with Crippen LogP contribution >= 0.6 is 0 Å². The maximum Gasteiger partial charge on any atom is 0.0830 e. The van der Waals surface area contributed by atoms with E-state index >= 15 is 0 Å². The van der Waals surface area contributed by atoms with Gasteiger partial charge in [-0.05, 0) is 37.5 Å². The van der Waals surface area contributed by atoms with Crippen molar-refractivity contribution in [3.63, 3.8) is 0 Å². The molecule has 0 radical (unpaired) electrons. The Morgan fingerprint density at radius 1 is 1.57 bits per heavy atom. The van der Waals surface area contributed by atoms with Gasteiger partial charge in [-0.2, -0.15) is 5.26 Å².